The Kier molecular flexibility index (Phi) is 21.6. The number of carbonyl (C=O) groups excluding carboxylic acids is 4. The van der Waals surface area contributed by atoms with E-state index in [-0.39, 0.29) is 61.7 Å². The summed E-state index contributed by atoms with van der Waals surface area (Å²) in [4.78, 5) is 65.4. The minimum atomic E-state index is -0.966. The lowest BCUT2D eigenvalue weighted by Crippen LogP contribution is -2.58. The summed E-state index contributed by atoms with van der Waals surface area (Å²) in [5, 5.41) is 27.3. The molecule has 3 amide bonds. The van der Waals surface area contributed by atoms with Crippen molar-refractivity contribution in [2.45, 2.75) is 98.9 Å². The monoisotopic (exact) mass is 1090 g/mol. The van der Waals surface area contributed by atoms with Crippen LogP contribution in [0.3, 0.4) is 0 Å². The molecular weight excluding hydrogens is 1010 g/mol. The van der Waals surface area contributed by atoms with E-state index in [1.165, 1.54) is 4.90 Å². The second-order valence-corrected chi connectivity index (χ2v) is 23.5. The van der Waals surface area contributed by atoms with E-state index in [4.69, 9.17) is 23.7 Å². The molecule has 18 heteroatoms. The van der Waals surface area contributed by atoms with Crippen molar-refractivity contribution in [3.63, 3.8) is 0 Å². The van der Waals surface area contributed by atoms with E-state index in [0.717, 1.165) is 89.0 Å². The highest BCUT2D eigenvalue weighted by atomic mass is 32.1. The molecule has 3 heterocycles. The zero-order valence-electron chi connectivity index (χ0n) is 46.9. The number of thiazole rings is 1. The Balaban J connectivity index is 0.695. The number of aliphatic hydroxyl groups is 2. The van der Waals surface area contributed by atoms with Crippen LogP contribution in [0.4, 0.5) is 0 Å². The van der Waals surface area contributed by atoms with Crippen LogP contribution in [0.5, 0.6) is 5.75 Å². The second-order valence-electron chi connectivity index (χ2n) is 22.6. The molecular formula is C60H82N6O11S. The van der Waals surface area contributed by atoms with Crippen molar-refractivity contribution in [3.8, 4) is 27.3 Å². The largest absolute Gasteiger partial charge is 0.512 e. The maximum atomic E-state index is 14.0. The summed E-state index contributed by atoms with van der Waals surface area (Å²) in [6.07, 6.45) is 0.126. The summed E-state index contributed by atoms with van der Waals surface area (Å²) >= 11 is 1.57. The number of likely N-dealkylation sites (tertiary alicyclic amines) is 1. The first-order valence-electron chi connectivity index (χ1n) is 27.4. The maximum absolute atomic E-state index is 14.0. The Hall–Kier alpha value is -5.57. The predicted molar refractivity (Wildman–Crippen MR) is 302 cm³/mol. The Morgan fingerprint density at radius 2 is 1.37 bits per heavy atom. The number of Topliss-reactive ketones (excluding diaryl/α,β-unsaturated/α-hetero) is 1. The topological polar surface area (TPSA) is 202 Å². The number of piperazine rings is 1. The third-order valence-electron chi connectivity index (χ3n) is 14.6. The van der Waals surface area contributed by atoms with Gasteiger partial charge in [-0.05, 0) is 83.2 Å². The Labute approximate surface area is 464 Å². The number of aromatic nitrogens is 1. The van der Waals surface area contributed by atoms with Crippen molar-refractivity contribution in [2.75, 3.05) is 105 Å². The molecule has 424 valence electrons. The molecule has 0 radical (unpaired) electrons. The highest BCUT2D eigenvalue weighted by Crippen LogP contribution is 2.41. The molecule has 2 saturated heterocycles. The smallest absolute Gasteiger partial charge is 0.246 e. The lowest BCUT2D eigenvalue weighted by Gasteiger charge is -2.35. The first-order valence-corrected chi connectivity index (χ1v) is 28.3. The molecule has 4 N–H and O–H groups in total. The molecule has 3 aromatic carbocycles. The van der Waals surface area contributed by atoms with Crippen molar-refractivity contribution < 1.29 is 53.1 Å². The van der Waals surface area contributed by atoms with Crippen molar-refractivity contribution in [3.05, 3.63) is 100 Å². The summed E-state index contributed by atoms with van der Waals surface area (Å²) in [6, 6.07) is 19.8. The predicted octanol–water partition coefficient (Wildman–Crippen LogP) is 7.19. The zero-order valence-corrected chi connectivity index (χ0v) is 47.8. The molecule has 2 fully saturated rings. The normalized spacial score (nSPS) is 19.0. The fourth-order valence-corrected chi connectivity index (χ4v) is 11.0. The SMILES string of the molecule is Cc1ccc(-c2ccc(OCCN3CCN(CCOCCOCCOCCOCC(=O)N[C@H](C(=O)N4C[C@H](O)C[C@H]4C(=O)N[C@@H](C)c4ccc(-c5scnc5C)cc4)C(C)(C)C)CC3)cc2)cc1C1=C(O)CC(C)(C)CC1=O. The van der Waals surface area contributed by atoms with E-state index in [9.17, 15) is 29.4 Å². The van der Waals surface area contributed by atoms with Crippen LogP contribution in [-0.4, -0.2) is 177 Å². The first kappa shape index (κ1) is 60.1. The van der Waals surface area contributed by atoms with Gasteiger partial charge in [-0.3, -0.25) is 29.0 Å². The minimum Gasteiger partial charge on any atom is -0.512 e. The minimum absolute atomic E-state index is 0.00866. The molecule has 0 saturated carbocycles. The number of amides is 3. The average molecular weight is 1100 g/mol. The summed E-state index contributed by atoms with van der Waals surface area (Å²) < 4.78 is 28.8. The van der Waals surface area contributed by atoms with Gasteiger partial charge in [0.15, 0.2) is 5.78 Å². The molecule has 1 aromatic heterocycles. The maximum Gasteiger partial charge on any atom is 0.246 e. The zero-order chi connectivity index (χ0) is 56.0. The van der Waals surface area contributed by atoms with Crippen LogP contribution in [-0.2, 0) is 38.1 Å². The summed E-state index contributed by atoms with van der Waals surface area (Å²) in [5.74, 6) is -0.306. The standard InChI is InChI=1S/C60H82N6O11S/c1-40-9-10-46(33-49(40)54-51(68)35-60(7,8)36-52(54)69)44-15-17-48(18-16-44)77-26-24-65-21-19-64(20-22-65)23-25-73-27-28-74-29-30-75-31-32-76-38-53(70)63-56(59(4,5)6)58(72)66-37-47(67)34-50(66)57(71)62-41(2)43-11-13-45(14-12-43)55-42(3)61-39-78-55/h9-18,33,39,41,47,50,56,67-68H,19-32,34-38H2,1-8H3,(H,62,71)(H,63,70)/t41-,47+,50-,56+/m0/s1. The molecule has 0 unspecified atom stereocenters. The van der Waals surface area contributed by atoms with Crippen LogP contribution in [0.25, 0.3) is 27.1 Å². The number of β-amino-alcohol motifs (C(OH)–C–C–N with tert-alkyl or cyclic N) is 1. The fourth-order valence-electron chi connectivity index (χ4n) is 10.2. The van der Waals surface area contributed by atoms with E-state index >= 15 is 0 Å². The highest BCUT2D eigenvalue weighted by molar-refractivity contribution is 7.13. The number of carbonyl (C=O) groups is 4. The number of nitrogens with one attached hydrogen (secondary N) is 2. The van der Waals surface area contributed by atoms with Gasteiger partial charge < -0.3 is 49.4 Å². The van der Waals surface area contributed by atoms with Gasteiger partial charge in [0.25, 0.3) is 0 Å². The van der Waals surface area contributed by atoms with Gasteiger partial charge in [0.1, 0.15) is 36.8 Å². The van der Waals surface area contributed by atoms with Gasteiger partial charge in [0.2, 0.25) is 17.7 Å². The quantitative estimate of drug-likeness (QED) is 0.0461. The molecule has 4 aromatic rings. The summed E-state index contributed by atoms with van der Waals surface area (Å²) in [5.41, 5.74) is 8.00. The second kappa shape index (κ2) is 28.0. The third kappa shape index (κ3) is 17.0. The van der Waals surface area contributed by atoms with Gasteiger partial charge in [0.05, 0.1) is 80.0 Å². The van der Waals surface area contributed by atoms with E-state index < -0.39 is 35.4 Å². The average Bonchev–Trinajstić information content (AvgIpc) is 4.05. The number of ether oxygens (including phenoxy) is 5. The molecule has 4 atom stereocenters. The number of allylic oxidation sites excluding steroid dienone is 2. The summed E-state index contributed by atoms with van der Waals surface area (Å²) in [7, 11) is 0. The molecule has 0 bridgehead atoms. The van der Waals surface area contributed by atoms with Crippen LogP contribution >= 0.6 is 11.3 Å². The van der Waals surface area contributed by atoms with Crippen molar-refractivity contribution in [1.82, 2.24) is 30.3 Å². The number of ketones is 1. The van der Waals surface area contributed by atoms with Crippen LogP contribution in [0.2, 0.25) is 0 Å². The highest BCUT2D eigenvalue weighted by Gasteiger charge is 2.45. The molecule has 3 aliphatic rings. The van der Waals surface area contributed by atoms with Crippen LogP contribution in [0.15, 0.2) is 78.0 Å². The molecule has 2 aliphatic heterocycles. The molecule has 1 aliphatic carbocycles. The number of nitrogens with zero attached hydrogens (tertiary/aromatic N) is 4. The van der Waals surface area contributed by atoms with Gasteiger partial charge in [-0.1, -0.05) is 83.1 Å². The van der Waals surface area contributed by atoms with E-state index in [1.807, 2.05) is 128 Å². The van der Waals surface area contributed by atoms with Crippen LogP contribution in [0, 0.1) is 24.7 Å². The van der Waals surface area contributed by atoms with E-state index in [1.54, 1.807) is 11.3 Å². The number of hydrogen-bond acceptors (Lipinski definition) is 15. The molecule has 17 nitrogen and oxygen atoms in total. The van der Waals surface area contributed by atoms with Crippen molar-refractivity contribution >= 4 is 40.4 Å². The number of aryl methyl sites for hydroxylation is 2. The lowest BCUT2D eigenvalue weighted by atomic mass is 9.74. The molecule has 7 rings (SSSR count). The molecule has 78 heavy (non-hydrogen) atoms. The Morgan fingerprint density at radius 1 is 0.782 bits per heavy atom. The number of benzene rings is 3. The fraction of sp³-hybridized carbons (Fsp3) is 0.550. The van der Waals surface area contributed by atoms with E-state index in [2.05, 4.69) is 25.4 Å². The van der Waals surface area contributed by atoms with Gasteiger partial charge in [-0.15, -0.1) is 11.3 Å². The van der Waals surface area contributed by atoms with Gasteiger partial charge in [0, 0.05) is 65.1 Å². The number of hydrogen-bond donors (Lipinski definition) is 4. The lowest BCUT2D eigenvalue weighted by molar-refractivity contribution is -0.144. The first-order chi connectivity index (χ1) is 37.3. The number of rotatable bonds is 26. The van der Waals surface area contributed by atoms with Gasteiger partial charge in [-0.2, -0.15) is 0 Å². The molecule has 0 spiro atoms. The third-order valence-corrected chi connectivity index (χ3v) is 15.6. The summed E-state index contributed by atoms with van der Waals surface area (Å²) in [6.45, 7) is 24.0. The van der Waals surface area contributed by atoms with Gasteiger partial charge in [-0.25, -0.2) is 4.98 Å². The van der Waals surface area contributed by atoms with Crippen LogP contribution < -0.4 is 15.4 Å². The number of aliphatic hydroxyl groups excluding tert-OH is 2. The van der Waals surface area contributed by atoms with E-state index in [0.29, 0.717) is 58.1 Å². The van der Waals surface area contributed by atoms with Crippen LogP contribution in [0.1, 0.15) is 89.2 Å². The van der Waals surface area contributed by atoms with Crippen molar-refractivity contribution in [1.29, 1.82) is 0 Å². The van der Waals surface area contributed by atoms with Crippen molar-refractivity contribution in [2.24, 2.45) is 10.8 Å². The Bertz CT molecular complexity index is 2660. The Morgan fingerprint density at radius 3 is 1.97 bits per heavy atom. The van der Waals surface area contributed by atoms with Gasteiger partial charge >= 0.3 is 0 Å².